The summed E-state index contributed by atoms with van der Waals surface area (Å²) in [6, 6.07) is -0.197. The fourth-order valence-corrected chi connectivity index (χ4v) is 1.94. The monoisotopic (exact) mass is 254 g/mol. The number of aromatic nitrogens is 2. The highest BCUT2D eigenvalue weighted by Crippen LogP contribution is 2.23. The zero-order valence-corrected chi connectivity index (χ0v) is 11.3. The van der Waals surface area contributed by atoms with Crippen LogP contribution in [0.2, 0.25) is 0 Å². The Hall–Kier alpha value is -0.980. The zero-order chi connectivity index (χ0) is 13.1. The van der Waals surface area contributed by atoms with E-state index in [4.69, 9.17) is 15.0 Å². The lowest BCUT2D eigenvalue weighted by molar-refractivity contribution is -0.0264. The number of nitrogens with two attached hydrogens (primary N) is 1. The molecule has 0 aliphatic carbocycles. The number of likely N-dealkylation sites (N-methyl/N-ethyl adjacent to an activating group) is 1. The van der Waals surface area contributed by atoms with Crippen molar-refractivity contribution in [3.63, 3.8) is 0 Å². The van der Waals surface area contributed by atoms with Gasteiger partial charge >= 0.3 is 0 Å². The number of hydrogen-bond donors (Lipinski definition) is 1. The molecule has 2 heterocycles. The van der Waals surface area contributed by atoms with Crippen LogP contribution in [0.25, 0.3) is 0 Å². The molecule has 0 bridgehead atoms. The largest absolute Gasteiger partial charge is 0.367 e. The summed E-state index contributed by atoms with van der Waals surface area (Å²) in [6.07, 6.45) is 0.882. The number of morpholine rings is 1. The molecule has 1 aliphatic rings. The van der Waals surface area contributed by atoms with Crippen LogP contribution in [0.15, 0.2) is 4.52 Å². The lowest BCUT2D eigenvalue weighted by atomic mass is 10.0. The van der Waals surface area contributed by atoms with E-state index in [1.54, 1.807) is 0 Å². The van der Waals surface area contributed by atoms with Gasteiger partial charge in [-0.15, -0.1) is 0 Å². The van der Waals surface area contributed by atoms with Crippen LogP contribution in [0.4, 0.5) is 0 Å². The van der Waals surface area contributed by atoms with Crippen LogP contribution in [0, 0.1) is 5.92 Å². The van der Waals surface area contributed by atoms with Gasteiger partial charge in [-0.25, -0.2) is 0 Å². The lowest BCUT2D eigenvalue weighted by Crippen LogP contribution is -2.35. The molecule has 0 saturated carbocycles. The van der Waals surface area contributed by atoms with Crippen molar-refractivity contribution >= 4 is 0 Å². The smallest absolute Gasteiger partial charge is 0.243 e. The molecule has 0 aromatic carbocycles. The van der Waals surface area contributed by atoms with Gasteiger partial charge in [0.1, 0.15) is 6.10 Å². The van der Waals surface area contributed by atoms with Crippen LogP contribution in [-0.4, -0.2) is 41.8 Å². The van der Waals surface area contributed by atoms with Gasteiger partial charge in [-0.3, -0.25) is 0 Å². The summed E-state index contributed by atoms with van der Waals surface area (Å²) in [5.41, 5.74) is 6.07. The minimum Gasteiger partial charge on any atom is -0.367 e. The van der Waals surface area contributed by atoms with Crippen molar-refractivity contribution in [2.24, 2.45) is 11.7 Å². The molecule has 6 heteroatoms. The van der Waals surface area contributed by atoms with E-state index in [-0.39, 0.29) is 12.1 Å². The third-order valence-electron chi connectivity index (χ3n) is 3.56. The average molecular weight is 254 g/mol. The fourth-order valence-electron chi connectivity index (χ4n) is 1.94. The first-order valence-electron chi connectivity index (χ1n) is 6.51. The first-order valence-corrected chi connectivity index (χ1v) is 6.51. The second kappa shape index (κ2) is 5.77. The number of nitrogens with zero attached hydrogens (tertiary/aromatic N) is 3. The Morgan fingerprint density at radius 1 is 1.56 bits per heavy atom. The first kappa shape index (κ1) is 13.5. The Labute approximate surface area is 107 Å². The van der Waals surface area contributed by atoms with Gasteiger partial charge < -0.3 is 19.9 Å². The van der Waals surface area contributed by atoms with E-state index in [1.165, 1.54) is 0 Å². The second-order valence-corrected chi connectivity index (χ2v) is 5.02. The van der Waals surface area contributed by atoms with Crippen LogP contribution >= 0.6 is 0 Å². The van der Waals surface area contributed by atoms with Crippen molar-refractivity contribution in [1.82, 2.24) is 15.0 Å². The average Bonchev–Trinajstić information content (AvgIpc) is 2.86. The van der Waals surface area contributed by atoms with Crippen molar-refractivity contribution in [3.05, 3.63) is 11.7 Å². The third-order valence-corrected chi connectivity index (χ3v) is 3.56. The predicted octanol–water partition coefficient (Wildman–Crippen LogP) is 1.12. The normalized spacial score (nSPS) is 25.0. The summed E-state index contributed by atoms with van der Waals surface area (Å²) in [5.74, 6) is 1.44. The molecule has 6 nitrogen and oxygen atoms in total. The number of rotatable bonds is 4. The molecule has 3 atom stereocenters. The van der Waals surface area contributed by atoms with Crippen LogP contribution in [0.1, 0.15) is 44.1 Å². The molecular weight excluding hydrogens is 232 g/mol. The van der Waals surface area contributed by atoms with E-state index in [9.17, 15) is 0 Å². The van der Waals surface area contributed by atoms with Crippen LogP contribution in [0.5, 0.6) is 0 Å². The summed E-state index contributed by atoms with van der Waals surface area (Å²) in [5, 5.41) is 3.99. The summed E-state index contributed by atoms with van der Waals surface area (Å²) in [7, 11) is 2.06. The zero-order valence-electron chi connectivity index (χ0n) is 11.3. The minimum atomic E-state index is -0.197. The van der Waals surface area contributed by atoms with Crippen molar-refractivity contribution in [3.8, 4) is 0 Å². The first-order chi connectivity index (χ1) is 8.61. The second-order valence-electron chi connectivity index (χ2n) is 5.02. The van der Waals surface area contributed by atoms with E-state index in [1.807, 2.05) is 0 Å². The highest BCUT2D eigenvalue weighted by atomic mass is 16.5. The maximum Gasteiger partial charge on any atom is 0.243 e. The Kier molecular flexibility index (Phi) is 4.31. The number of hydrogen-bond acceptors (Lipinski definition) is 6. The molecule has 102 valence electrons. The molecule has 0 radical (unpaired) electrons. The molecule has 1 saturated heterocycles. The quantitative estimate of drug-likeness (QED) is 0.867. The van der Waals surface area contributed by atoms with Gasteiger partial charge in [0.2, 0.25) is 11.7 Å². The molecule has 1 aromatic rings. The SMILES string of the molecule is CCC(C)C(N)c1nc(C2CN(C)CCO2)no1. The van der Waals surface area contributed by atoms with Crippen LogP contribution < -0.4 is 5.73 Å². The summed E-state index contributed by atoms with van der Waals surface area (Å²) in [6.45, 7) is 6.61. The molecule has 2 rings (SSSR count). The maximum absolute atomic E-state index is 6.07. The minimum absolute atomic E-state index is 0.106. The summed E-state index contributed by atoms with van der Waals surface area (Å²) >= 11 is 0. The molecule has 1 aromatic heterocycles. The lowest BCUT2D eigenvalue weighted by Gasteiger charge is -2.27. The Bertz CT molecular complexity index is 382. The van der Waals surface area contributed by atoms with Crippen LogP contribution in [-0.2, 0) is 4.74 Å². The van der Waals surface area contributed by atoms with Gasteiger partial charge in [-0.05, 0) is 13.0 Å². The molecule has 1 fully saturated rings. The summed E-state index contributed by atoms with van der Waals surface area (Å²) in [4.78, 5) is 6.58. The van der Waals surface area contributed by atoms with Crippen molar-refractivity contribution < 1.29 is 9.26 Å². The van der Waals surface area contributed by atoms with Gasteiger partial charge in [0.15, 0.2) is 0 Å². The third kappa shape index (κ3) is 2.88. The maximum atomic E-state index is 6.07. The van der Waals surface area contributed by atoms with Crippen LogP contribution in [0.3, 0.4) is 0 Å². The molecule has 0 amide bonds. The van der Waals surface area contributed by atoms with E-state index in [0.717, 1.165) is 19.5 Å². The van der Waals surface area contributed by atoms with Crippen molar-refractivity contribution in [2.45, 2.75) is 32.4 Å². The van der Waals surface area contributed by atoms with E-state index in [2.05, 4.69) is 35.9 Å². The Morgan fingerprint density at radius 3 is 3.00 bits per heavy atom. The van der Waals surface area contributed by atoms with Gasteiger partial charge in [0.25, 0.3) is 0 Å². The van der Waals surface area contributed by atoms with Crippen molar-refractivity contribution in [2.75, 3.05) is 26.7 Å². The Morgan fingerprint density at radius 2 is 2.33 bits per heavy atom. The fraction of sp³-hybridized carbons (Fsp3) is 0.833. The van der Waals surface area contributed by atoms with E-state index in [0.29, 0.717) is 24.2 Å². The topological polar surface area (TPSA) is 77.4 Å². The van der Waals surface area contributed by atoms with E-state index < -0.39 is 0 Å². The van der Waals surface area contributed by atoms with E-state index >= 15 is 0 Å². The van der Waals surface area contributed by atoms with Gasteiger partial charge in [-0.2, -0.15) is 4.98 Å². The molecule has 0 spiro atoms. The highest BCUT2D eigenvalue weighted by molar-refractivity contribution is 4.97. The standard InChI is InChI=1S/C12H22N4O2/c1-4-8(2)10(13)12-14-11(15-18-12)9-7-16(3)5-6-17-9/h8-10H,4-7,13H2,1-3H3. The van der Waals surface area contributed by atoms with Gasteiger partial charge in [0.05, 0.1) is 12.6 Å². The highest BCUT2D eigenvalue weighted by Gasteiger charge is 2.26. The molecule has 18 heavy (non-hydrogen) atoms. The van der Waals surface area contributed by atoms with Gasteiger partial charge in [0, 0.05) is 13.1 Å². The summed E-state index contributed by atoms with van der Waals surface area (Å²) < 4.78 is 10.9. The number of ether oxygens (including phenoxy) is 1. The molecule has 3 unspecified atom stereocenters. The van der Waals surface area contributed by atoms with Crippen molar-refractivity contribution in [1.29, 1.82) is 0 Å². The predicted molar refractivity (Wildman–Crippen MR) is 66.9 cm³/mol. The van der Waals surface area contributed by atoms with Gasteiger partial charge in [-0.1, -0.05) is 25.4 Å². The molecule has 2 N–H and O–H groups in total. The Balaban J connectivity index is 2.05. The molecular formula is C12H22N4O2. The molecule has 1 aliphatic heterocycles.